The van der Waals surface area contributed by atoms with Crippen LogP contribution in [0.2, 0.25) is 0 Å². The van der Waals surface area contributed by atoms with Gasteiger partial charge >= 0.3 is 0 Å². The maximum absolute atomic E-state index is 9.72. The number of nitrogens with one attached hydrogen (secondary N) is 1. The second-order valence-corrected chi connectivity index (χ2v) is 8.43. The molecule has 2 saturated heterocycles. The molecule has 1 aromatic carbocycles. The summed E-state index contributed by atoms with van der Waals surface area (Å²) in [6.45, 7) is 2.69. The van der Waals surface area contributed by atoms with Crippen LogP contribution in [0.25, 0.3) is 0 Å². The van der Waals surface area contributed by atoms with E-state index in [1.807, 2.05) is 6.07 Å². The number of fused-ring (bicyclic) bond motifs is 2. The summed E-state index contributed by atoms with van der Waals surface area (Å²) < 4.78 is 0. The highest BCUT2D eigenvalue weighted by Crippen LogP contribution is 2.41. The maximum atomic E-state index is 9.72. The summed E-state index contributed by atoms with van der Waals surface area (Å²) in [5.41, 5.74) is 1.27. The van der Waals surface area contributed by atoms with Crippen molar-refractivity contribution in [2.75, 3.05) is 19.7 Å². The third-order valence-corrected chi connectivity index (χ3v) is 7.14. The molecule has 4 heteroatoms. The average molecular weight is 379 g/mol. The van der Waals surface area contributed by atoms with Crippen LogP contribution in [0.15, 0.2) is 30.3 Å². The van der Waals surface area contributed by atoms with E-state index in [0.717, 1.165) is 30.5 Å². The molecule has 0 radical (unpaired) electrons. The molecular weight excluding hydrogens is 344 g/mol. The third-order valence-electron chi connectivity index (χ3n) is 7.14. The third kappa shape index (κ3) is 4.27. The van der Waals surface area contributed by atoms with Gasteiger partial charge in [-0.05, 0) is 69.0 Å². The van der Waals surface area contributed by atoms with Gasteiger partial charge in [0, 0.05) is 12.1 Å². The topological polar surface area (TPSA) is 35.5 Å². The van der Waals surface area contributed by atoms with Crippen LogP contribution in [-0.2, 0) is 0 Å². The Morgan fingerprint density at radius 1 is 0.962 bits per heavy atom. The summed E-state index contributed by atoms with van der Waals surface area (Å²) in [5, 5.41) is 13.2. The number of aliphatic hydroxyl groups excluding tert-OH is 1. The SMILES string of the molecule is C1C[C@@H]2CCN[C@@H]2C1.Cl.OC[C@@H](c1ccccc1)N1CC[C@H]2CCC[C@H]21. The molecule has 2 N–H and O–H groups in total. The van der Waals surface area contributed by atoms with Gasteiger partial charge in [0.2, 0.25) is 0 Å². The smallest absolute Gasteiger partial charge is 0.0628 e. The Morgan fingerprint density at radius 3 is 2.50 bits per heavy atom. The van der Waals surface area contributed by atoms with Crippen molar-refractivity contribution in [2.45, 2.75) is 69.5 Å². The molecule has 2 heterocycles. The lowest BCUT2D eigenvalue weighted by atomic mass is 10.0. The van der Waals surface area contributed by atoms with Crippen molar-refractivity contribution >= 4 is 12.4 Å². The van der Waals surface area contributed by atoms with Crippen LogP contribution >= 0.6 is 12.4 Å². The maximum Gasteiger partial charge on any atom is 0.0628 e. The molecule has 146 valence electrons. The molecule has 0 unspecified atom stereocenters. The number of hydrogen-bond donors (Lipinski definition) is 2. The van der Waals surface area contributed by atoms with Crippen LogP contribution in [0.3, 0.4) is 0 Å². The lowest BCUT2D eigenvalue weighted by Gasteiger charge is -2.32. The number of nitrogens with zero attached hydrogens (tertiary/aromatic N) is 1. The predicted octanol–water partition coefficient (Wildman–Crippen LogP) is 4.16. The van der Waals surface area contributed by atoms with Crippen LogP contribution in [0, 0.1) is 11.8 Å². The number of aliphatic hydroxyl groups is 1. The predicted molar refractivity (Wildman–Crippen MR) is 110 cm³/mol. The van der Waals surface area contributed by atoms with Crippen molar-refractivity contribution < 1.29 is 5.11 Å². The summed E-state index contributed by atoms with van der Waals surface area (Å²) >= 11 is 0. The van der Waals surface area contributed by atoms with Crippen molar-refractivity contribution in [3.8, 4) is 0 Å². The molecule has 4 fully saturated rings. The summed E-state index contributed by atoms with van der Waals surface area (Å²) in [6, 6.07) is 12.3. The normalized spacial score (nSPS) is 33.7. The highest BCUT2D eigenvalue weighted by molar-refractivity contribution is 5.85. The molecule has 5 atom stereocenters. The van der Waals surface area contributed by atoms with Crippen molar-refractivity contribution in [1.82, 2.24) is 10.2 Å². The van der Waals surface area contributed by atoms with Gasteiger partial charge in [-0.15, -0.1) is 12.4 Å². The fourth-order valence-electron chi connectivity index (χ4n) is 5.84. The monoisotopic (exact) mass is 378 g/mol. The van der Waals surface area contributed by atoms with E-state index in [2.05, 4.69) is 34.5 Å². The molecule has 3 nitrogen and oxygen atoms in total. The first-order chi connectivity index (χ1) is 12.4. The molecule has 0 bridgehead atoms. The van der Waals surface area contributed by atoms with Crippen molar-refractivity contribution in [3.05, 3.63) is 35.9 Å². The first kappa shape index (κ1) is 20.1. The zero-order valence-corrected chi connectivity index (χ0v) is 16.7. The Hall–Kier alpha value is -0.610. The van der Waals surface area contributed by atoms with E-state index in [-0.39, 0.29) is 25.1 Å². The zero-order chi connectivity index (χ0) is 17.1. The standard InChI is InChI=1S/C15H21NO.C7H13N.ClH/c17-11-15(12-5-2-1-3-6-12)16-10-9-13-7-4-8-14(13)16;1-2-6-4-5-8-7(6)3-1;/h1-3,5-6,13-15,17H,4,7-11H2;6-8H,1-5H2;1H/t13-,14-,15+;6-,7-;/m11./s1. The number of hydrogen-bond acceptors (Lipinski definition) is 3. The van der Waals surface area contributed by atoms with E-state index in [4.69, 9.17) is 0 Å². The molecule has 2 aliphatic carbocycles. The van der Waals surface area contributed by atoms with Gasteiger partial charge in [0.05, 0.1) is 12.6 Å². The lowest BCUT2D eigenvalue weighted by molar-refractivity contribution is 0.107. The van der Waals surface area contributed by atoms with E-state index in [1.54, 1.807) is 0 Å². The summed E-state index contributed by atoms with van der Waals surface area (Å²) in [7, 11) is 0. The second-order valence-electron chi connectivity index (χ2n) is 8.43. The van der Waals surface area contributed by atoms with Crippen LogP contribution < -0.4 is 5.32 Å². The van der Waals surface area contributed by atoms with E-state index >= 15 is 0 Å². The first-order valence-corrected chi connectivity index (χ1v) is 10.5. The van der Waals surface area contributed by atoms with Gasteiger partial charge in [0.25, 0.3) is 0 Å². The molecule has 1 aromatic rings. The Bertz CT molecular complexity index is 520. The van der Waals surface area contributed by atoms with Crippen LogP contribution in [0.4, 0.5) is 0 Å². The van der Waals surface area contributed by atoms with Crippen LogP contribution in [0.1, 0.15) is 63.0 Å². The number of likely N-dealkylation sites (tertiary alicyclic amines) is 1. The number of halogens is 1. The highest BCUT2D eigenvalue weighted by Gasteiger charge is 2.40. The summed E-state index contributed by atoms with van der Waals surface area (Å²) in [4.78, 5) is 2.55. The molecular formula is C22H35ClN2O. The Labute approximate surface area is 165 Å². The van der Waals surface area contributed by atoms with Gasteiger partial charge in [-0.1, -0.05) is 43.2 Å². The lowest BCUT2D eigenvalue weighted by Crippen LogP contribution is -2.35. The molecule has 0 amide bonds. The minimum Gasteiger partial charge on any atom is -0.394 e. The van der Waals surface area contributed by atoms with E-state index in [0.29, 0.717) is 0 Å². The number of benzene rings is 1. The molecule has 2 saturated carbocycles. The van der Waals surface area contributed by atoms with Gasteiger partial charge < -0.3 is 10.4 Å². The van der Waals surface area contributed by atoms with Gasteiger partial charge in [-0.3, -0.25) is 4.90 Å². The Balaban J connectivity index is 0.000000183. The molecule has 0 spiro atoms. The van der Waals surface area contributed by atoms with Gasteiger partial charge in [0.15, 0.2) is 0 Å². The molecule has 0 aromatic heterocycles. The van der Waals surface area contributed by atoms with Crippen molar-refractivity contribution in [1.29, 1.82) is 0 Å². The Morgan fingerprint density at radius 2 is 1.73 bits per heavy atom. The largest absolute Gasteiger partial charge is 0.394 e. The van der Waals surface area contributed by atoms with Gasteiger partial charge in [-0.2, -0.15) is 0 Å². The molecule has 26 heavy (non-hydrogen) atoms. The molecule has 5 rings (SSSR count). The number of rotatable bonds is 3. The quantitative estimate of drug-likeness (QED) is 0.828. The van der Waals surface area contributed by atoms with E-state index < -0.39 is 0 Å². The zero-order valence-electron chi connectivity index (χ0n) is 15.9. The van der Waals surface area contributed by atoms with Crippen molar-refractivity contribution in [3.63, 3.8) is 0 Å². The molecule has 2 aliphatic heterocycles. The van der Waals surface area contributed by atoms with Crippen LogP contribution in [-0.4, -0.2) is 41.8 Å². The van der Waals surface area contributed by atoms with Gasteiger partial charge in [0.1, 0.15) is 0 Å². The fourth-order valence-corrected chi connectivity index (χ4v) is 5.84. The van der Waals surface area contributed by atoms with Crippen molar-refractivity contribution in [2.24, 2.45) is 11.8 Å². The fraction of sp³-hybridized carbons (Fsp3) is 0.727. The summed E-state index contributed by atoms with van der Waals surface area (Å²) in [6.07, 6.45) is 11.3. The highest BCUT2D eigenvalue weighted by atomic mass is 35.5. The van der Waals surface area contributed by atoms with Crippen LogP contribution in [0.5, 0.6) is 0 Å². The average Bonchev–Trinajstić information content (AvgIpc) is 3.40. The second kappa shape index (κ2) is 9.54. The Kier molecular flexibility index (Phi) is 7.39. The van der Waals surface area contributed by atoms with Gasteiger partial charge in [-0.25, -0.2) is 0 Å². The first-order valence-electron chi connectivity index (χ1n) is 10.5. The molecule has 4 aliphatic rings. The minimum absolute atomic E-state index is 0. The summed E-state index contributed by atoms with van der Waals surface area (Å²) in [5.74, 6) is 1.96. The minimum atomic E-state index is 0. The van der Waals surface area contributed by atoms with E-state index in [9.17, 15) is 5.11 Å². The van der Waals surface area contributed by atoms with E-state index in [1.165, 1.54) is 63.5 Å².